The molecule has 0 bridgehead atoms. The van der Waals surface area contributed by atoms with Gasteiger partial charge in [-0.3, -0.25) is 4.79 Å². The molecule has 2 N–H and O–H groups in total. The number of ether oxygens (including phenoxy) is 2. The zero-order chi connectivity index (χ0) is 23.8. The Kier molecular flexibility index (Phi) is 5.80. The van der Waals surface area contributed by atoms with Crippen LogP contribution in [0.2, 0.25) is 0 Å². The topological polar surface area (TPSA) is 93.7 Å². The highest BCUT2D eigenvalue weighted by atomic mass is 16.6. The molecule has 2 amide bonds. The predicted molar refractivity (Wildman–Crippen MR) is 128 cm³/mol. The van der Waals surface area contributed by atoms with E-state index < -0.39 is 23.7 Å². The average molecular weight is 447 g/mol. The fourth-order valence-corrected chi connectivity index (χ4v) is 4.01. The average Bonchev–Trinajstić information content (AvgIpc) is 2.78. The van der Waals surface area contributed by atoms with Crippen LogP contribution in [0.5, 0.6) is 0 Å². The van der Waals surface area contributed by atoms with E-state index in [0.717, 1.165) is 32.3 Å². The first-order valence-electron chi connectivity index (χ1n) is 10.7. The van der Waals surface area contributed by atoms with Crippen LogP contribution in [0.1, 0.15) is 31.1 Å². The van der Waals surface area contributed by atoms with Gasteiger partial charge in [0.15, 0.2) is 0 Å². The van der Waals surface area contributed by atoms with Gasteiger partial charge in [0.05, 0.1) is 7.11 Å². The smallest absolute Gasteiger partial charge is 0.408 e. The Morgan fingerprint density at radius 1 is 0.879 bits per heavy atom. The van der Waals surface area contributed by atoms with E-state index in [4.69, 9.17) is 9.47 Å². The highest BCUT2D eigenvalue weighted by molar-refractivity contribution is 6.26. The van der Waals surface area contributed by atoms with Crippen molar-refractivity contribution in [2.45, 2.75) is 32.4 Å². The Balaban J connectivity index is 1.60. The van der Waals surface area contributed by atoms with Gasteiger partial charge in [-0.15, -0.1) is 0 Å². The molecule has 0 unspecified atom stereocenters. The van der Waals surface area contributed by atoms with Crippen molar-refractivity contribution in [3.8, 4) is 0 Å². The molecule has 0 aromatic heterocycles. The third kappa shape index (κ3) is 4.53. The first kappa shape index (κ1) is 22.3. The number of alkyl carbamates (subject to hydrolysis) is 1. The Bertz CT molecular complexity index is 1340. The lowest BCUT2D eigenvalue weighted by molar-refractivity contribution is -0.142. The summed E-state index contributed by atoms with van der Waals surface area (Å²) in [5, 5.41) is 11.4. The number of esters is 1. The standard InChI is InChI=1S/C26H26N2O5/c1-26(2,3)33-25(31)28-20(24(30)32-4)14-27-23(29)19-13-11-17-9-8-15-6-5-7-16-10-12-18(19)22(17)21(15)16/h5-13,20H,14H2,1-4H3,(H,27,29)(H,28,31)/t20-/m0/s1. The minimum absolute atomic E-state index is 0.146. The zero-order valence-corrected chi connectivity index (χ0v) is 19.0. The number of rotatable bonds is 5. The lowest BCUT2D eigenvalue weighted by atomic mass is 9.92. The monoisotopic (exact) mass is 446 g/mol. The molecule has 0 aliphatic rings. The summed E-state index contributed by atoms with van der Waals surface area (Å²) in [6.07, 6.45) is -0.769. The van der Waals surface area contributed by atoms with E-state index in [0.29, 0.717) is 5.56 Å². The van der Waals surface area contributed by atoms with Gasteiger partial charge in [0.25, 0.3) is 5.91 Å². The van der Waals surface area contributed by atoms with Gasteiger partial charge in [-0.25, -0.2) is 9.59 Å². The molecule has 0 saturated carbocycles. The van der Waals surface area contributed by atoms with Crippen LogP contribution in [0.4, 0.5) is 4.79 Å². The number of amides is 2. The molecule has 0 fully saturated rings. The maximum atomic E-state index is 13.1. The molecule has 0 saturated heterocycles. The molecule has 4 rings (SSSR count). The molecular weight excluding hydrogens is 420 g/mol. The van der Waals surface area contributed by atoms with Gasteiger partial charge in [-0.05, 0) is 59.2 Å². The van der Waals surface area contributed by atoms with E-state index in [-0.39, 0.29) is 12.5 Å². The first-order valence-corrected chi connectivity index (χ1v) is 10.7. The number of carbonyl (C=O) groups is 3. The second kappa shape index (κ2) is 8.58. The fourth-order valence-electron chi connectivity index (χ4n) is 4.01. The number of hydrogen-bond donors (Lipinski definition) is 2. The molecule has 0 radical (unpaired) electrons. The summed E-state index contributed by atoms with van der Waals surface area (Å²) in [5.41, 5.74) is -0.239. The van der Waals surface area contributed by atoms with Crippen LogP contribution in [-0.2, 0) is 14.3 Å². The van der Waals surface area contributed by atoms with Crippen molar-refractivity contribution in [3.05, 3.63) is 60.2 Å². The SMILES string of the molecule is COC(=O)[C@H](CNC(=O)c1ccc2ccc3cccc4ccc1c2c34)NC(=O)OC(C)(C)C. The van der Waals surface area contributed by atoms with Crippen LogP contribution in [0.15, 0.2) is 54.6 Å². The largest absolute Gasteiger partial charge is 0.467 e. The Morgan fingerprint density at radius 2 is 1.48 bits per heavy atom. The van der Waals surface area contributed by atoms with Gasteiger partial charge in [0.2, 0.25) is 0 Å². The molecule has 7 heteroatoms. The normalized spacial score (nSPS) is 12.6. The van der Waals surface area contributed by atoms with E-state index in [1.54, 1.807) is 26.8 Å². The number of methoxy groups -OCH3 is 1. The summed E-state index contributed by atoms with van der Waals surface area (Å²) in [5.74, 6) is -1.04. The lowest BCUT2D eigenvalue weighted by Gasteiger charge is -2.23. The number of benzene rings is 4. The summed E-state index contributed by atoms with van der Waals surface area (Å²) < 4.78 is 9.97. The molecule has 170 valence electrons. The summed E-state index contributed by atoms with van der Waals surface area (Å²) in [4.78, 5) is 37.4. The summed E-state index contributed by atoms with van der Waals surface area (Å²) >= 11 is 0. The summed E-state index contributed by atoms with van der Waals surface area (Å²) in [6.45, 7) is 5.01. The van der Waals surface area contributed by atoms with E-state index in [1.165, 1.54) is 7.11 Å². The minimum atomic E-state index is -1.09. The third-order valence-corrected chi connectivity index (χ3v) is 5.42. The van der Waals surface area contributed by atoms with E-state index in [1.807, 2.05) is 30.3 Å². The van der Waals surface area contributed by atoms with Crippen LogP contribution in [0.25, 0.3) is 32.3 Å². The summed E-state index contributed by atoms with van der Waals surface area (Å²) in [6, 6.07) is 16.8. The minimum Gasteiger partial charge on any atom is -0.467 e. The number of nitrogens with one attached hydrogen (secondary N) is 2. The second-order valence-electron chi connectivity index (χ2n) is 8.90. The summed E-state index contributed by atoms with van der Waals surface area (Å²) in [7, 11) is 1.22. The quantitative estimate of drug-likeness (QED) is 0.351. The Morgan fingerprint density at radius 3 is 2.12 bits per heavy atom. The number of carbonyl (C=O) groups excluding carboxylic acids is 3. The van der Waals surface area contributed by atoms with Crippen molar-refractivity contribution in [1.82, 2.24) is 10.6 Å². The van der Waals surface area contributed by atoms with Gasteiger partial charge in [0.1, 0.15) is 11.6 Å². The van der Waals surface area contributed by atoms with Gasteiger partial charge >= 0.3 is 12.1 Å². The molecule has 1 atom stereocenters. The van der Waals surface area contributed by atoms with Gasteiger partial charge in [0, 0.05) is 12.1 Å². The van der Waals surface area contributed by atoms with E-state index >= 15 is 0 Å². The Hall–Kier alpha value is -3.87. The van der Waals surface area contributed by atoms with Crippen LogP contribution >= 0.6 is 0 Å². The molecule has 0 spiro atoms. The fraction of sp³-hybridized carbons (Fsp3) is 0.269. The van der Waals surface area contributed by atoms with Gasteiger partial charge in [-0.1, -0.05) is 48.5 Å². The highest BCUT2D eigenvalue weighted by Gasteiger charge is 2.26. The third-order valence-electron chi connectivity index (χ3n) is 5.42. The molecule has 7 nitrogen and oxygen atoms in total. The molecular formula is C26H26N2O5. The van der Waals surface area contributed by atoms with Crippen LogP contribution in [0.3, 0.4) is 0 Å². The second-order valence-corrected chi connectivity index (χ2v) is 8.90. The first-order chi connectivity index (χ1) is 15.7. The van der Waals surface area contributed by atoms with Crippen LogP contribution < -0.4 is 10.6 Å². The maximum Gasteiger partial charge on any atom is 0.408 e. The molecule has 0 aliphatic carbocycles. The molecule has 33 heavy (non-hydrogen) atoms. The lowest BCUT2D eigenvalue weighted by Crippen LogP contribution is -2.50. The maximum absolute atomic E-state index is 13.1. The van der Waals surface area contributed by atoms with Crippen molar-refractivity contribution in [2.75, 3.05) is 13.7 Å². The Labute approximate surface area is 191 Å². The van der Waals surface area contributed by atoms with Crippen molar-refractivity contribution in [3.63, 3.8) is 0 Å². The van der Waals surface area contributed by atoms with Crippen molar-refractivity contribution in [2.24, 2.45) is 0 Å². The molecule has 0 heterocycles. The zero-order valence-electron chi connectivity index (χ0n) is 19.0. The van der Waals surface area contributed by atoms with Crippen LogP contribution in [0, 0.1) is 0 Å². The van der Waals surface area contributed by atoms with E-state index in [2.05, 4.69) is 28.8 Å². The van der Waals surface area contributed by atoms with Crippen molar-refractivity contribution in [1.29, 1.82) is 0 Å². The predicted octanol–water partition coefficient (Wildman–Crippen LogP) is 4.38. The van der Waals surface area contributed by atoms with Crippen molar-refractivity contribution < 1.29 is 23.9 Å². The number of hydrogen-bond acceptors (Lipinski definition) is 5. The van der Waals surface area contributed by atoms with E-state index in [9.17, 15) is 14.4 Å². The highest BCUT2D eigenvalue weighted by Crippen LogP contribution is 2.35. The van der Waals surface area contributed by atoms with Gasteiger partial charge < -0.3 is 20.1 Å². The molecule has 4 aromatic rings. The van der Waals surface area contributed by atoms with Crippen LogP contribution in [-0.4, -0.2) is 43.3 Å². The van der Waals surface area contributed by atoms with Gasteiger partial charge in [-0.2, -0.15) is 0 Å². The molecule has 4 aromatic carbocycles. The van der Waals surface area contributed by atoms with Crippen molar-refractivity contribution >= 4 is 50.3 Å². The molecule has 0 aliphatic heterocycles.